The van der Waals surface area contributed by atoms with Gasteiger partial charge in [-0.3, -0.25) is 4.98 Å². The van der Waals surface area contributed by atoms with Crippen LogP contribution >= 0.6 is 0 Å². The van der Waals surface area contributed by atoms with Crippen LogP contribution in [0.5, 0.6) is 0 Å². The molecule has 2 aromatic carbocycles. The van der Waals surface area contributed by atoms with Gasteiger partial charge in [0.25, 0.3) is 0 Å². The molecule has 3 rings (SSSR count). The van der Waals surface area contributed by atoms with Gasteiger partial charge < -0.3 is 5.11 Å². The molecule has 0 saturated heterocycles. The van der Waals surface area contributed by atoms with Crippen LogP contribution in [0.2, 0.25) is 0 Å². The number of nitrogens with one attached hydrogen (secondary N) is 1. The van der Waals surface area contributed by atoms with Crippen LogP contribution in [-0.4, -0.2) is 31.2 Å². The molecule has 2 N–H and O–H groups in total. The zero-order chi connectivity index (χ0) is 17.0. The summed E-state index contributed by atoms with van der Waals surface area (Å²) in [5.41, 5.74) is 1.57. The molecule has 0 unspecified atom stereocenters. The van der Waals surface area contributed by atoms with E-state index in [4.69, 9.17) is 0 Å². The first-order valence-corrected chi connectivity index (χ1v) is 9.09. The van der Waals surface area contributed by atoms with Crippen molar-refractivity contribution in [1.29, 1.82) is 0 Å². The molecule has 3 aromatic rings. The predicted octanol–water partition coefficient (Wildman–Crippen LogP) is 2.12. The second kappa shape index (κ2) is 7.09. The first-order valence-electron chi connectivity index (χ1n) is 7.61. The number of hydrogen-bond acceptors (Lipinski definition) is 4. The van der Waals surface area contributed by atoms with Gasteiger partial charge in [0.15, 0.2) is 0 Å². The van der Waals surface area contributed by atoms with E-state index in [9.17, 15) is 13.5 Å². The summed E-state index contributed by atoms with van der Waals surface area (Å²) in [5.74, 6) is 0. The van der Waals surface area contributed by atoms with E-state index in [2.05, 4.69) is 9.71 Å². The third-order valence-electron chi connectivity index (χ3n) is 3.76. The van der Waals surface area contributed by atoms with E-state index >= 15 is 0 Å². The van der Waals surface area contributed by atoms with E-state index < -0.39 is 16.1 Å². The molecule has 0 fully saturated rings. The van der Waals surface area contributed by atoms with Gasteiger partial charge in [-0.2, -0.15) is 0 Å². The lowest BCUT2D eigenvalue weighted by Crippen LogP contribution is -2.39. The number of sulfonamides is 1. The van der Waals surface area contributed by atoms with Crippen molar-refractivity contribution >= 4 is 20.9 Å². The lowest BCUT2D eigenvalue weighted by atomic mass is 10.1. The summed E-state index contributed by atoms with van der Waals surface area (Å²) in [6, 6.07) is 17.3. The topological polar surface area (TPSA) is 79.3 Å². The van der Waals surface area contributed by atoms with Gasteiger partial charge in [0, 0.05) is 17.6 Å². The highest BCUT2D eigenvalue weighted by atomic mass is 32.2. The quantitative estimate of drug-likeness (QED) is 0.719. The molecule has 0 bridgehead atoms. The molecule has 0 aliphatic carbocycles. The average Bonchev–Trinajstić information content (AvgIpc) is 2.61. The first-order chi connectivity index (χ1) is 11.6. The molecule has 6 heteroatoms. The van der Waals surface area contributed by atoms with Crippen molar-refractivity contribution in [1.82, 2.24) is 9.71 Å². The number of aliphatic hydroxyl groups excluding tert-OH is 1. The molecule has 24 heavy (non-hydrogen) atoms. The van der Waals surface area contributed by atoms with Crippen LogP contribution in [0.15, 0.2) is 71.8 Å². The van der Waals surface area contributed by atoms with Crippen LogP contribution in [0.25, 0.3) is 10.9 Å². The predicted molar refractivity (Wildman–Crippen MR) is 93.1 cm³/mol. The van der Waals surface area contributed by atoms with E-state index in [0.717, 1.165) is 5.56 Å². The molecule has 124 valence electrons. The lowest BCUT2D eigenvalue weighted by Gasteiger charge is -2.17. The second-order valence-corrected chi connectivity index (χ2v) is 7.20. The standard InChI is InChI=1S/C18H18N2O3S/c21-13-15(12-14-6-2-1-3-7-14)20-24(22,23)18-10-4-9-17-16(18)8-5-11-19-17/h1-11,15,20-21H,12-13H2/t15-/m1/s1. The van der Waals surface area contributed by atoms with E-state index in [1.54, 1.807) is 36.5 Å². The van der Waals surface area contributed by atoms with Crippen molar-refractivity contribution in [3.05, 3.63) is 72.4 Å². The zero-order valence-corrected chi connectivity index (χ0v) is 13.8. The molecule has 0 saturated carbocycles. The molecule has 5 nitrogen and oxygen atoms in total. The van der Waals surface area contributed by atoms with Gasteiger partial charge in [-0.15, -0.1) is 0 Å². The Morgan fingerprint density at radius 3 is 2.54 bits per heavy atom. The van der Waals surface area contributed by atoms with Crippen LogP contribution in [0.3, 0.4) is 0 Å². The summed E-state index contributed by atoms with van der Waals surface area (Å²) >= 11 is 0. The minimum atomic E-state index is -3.77. The second-order valence-electron chi connectivity index (χ2n) is 5.52. The fourth-order valence-electron chi connectivity index (χ4n) is 2.63. The van der Waals surface area contributed by atoms with Gasteiger partial charge in [-0.1, -0.05) is 36.4 Å². The lowest BCUT2D eigenvalue weighted by molar-refractivity contribution is 0.256. The van der Waals surface area contributed by atoms with Gasteiger partial charge in [0.2, 0.25) is 10.0 Å². The fraction of sp³-hybridized carbons (Fsp3) is 0.167. The third-order valence-corrected chi connectivity index (χ3v) is 5.34. The molecule has 1 heterocycles. The van der Waals surface area contributed by atoms with Crippen LogP contribution in [0.4, 0.5) is 0 Å². The molecular formula is C18H18N2O3S. The van der Waals surface area contributed by atoms with Gasteiger partial charge in [-0.25, -0.2) is 13.1 Å². The van der Waals surface area contributed by atoms with Gasteiger partial charge in [-0.05, 0) is 36.2 Å². The van der Waals surface area contributed by atoms with E-state index in [0.29, 0.717) is 17.3 Å². The SMILES string of the molecule is O=S(=O)(N[C@@H](CO)Cc1ccccc1)c1cccc2ncccc12. The average molecular weight is 342 g/mol. The maximum absolute atomic E-state index is 12.8. The van der Waals surface area contributed by atoms with E-state index in [-0.39, 0.29) is 11.5 Å². The molecular weight excluding hydrogens is 324 g/mol. The number of rotatable bonds is 6. The van der Waals surface area contributed by atoms with E-state index in [1.807, 2.05) is 30.3 Å². The number of nitrogens with zero attached hydrogens (tertiary/aromatic N) is 1. The normalized spacial score (nSPS) is 13.0. The molecule has 0 amide bonds. The number of fused-ring (bicyclic) bond motifs is 1. The summed E-state index contributed by atoms with van der Waals surface area (Å²) in [6.45, 7) is -0.281. The maximum Gasteiger partial charge on any atom is 0.241 e. The number of hydrogen-bond donors (Lipinski definition) is 2. The number of pyridine rings is 1. The van der Waals surface area contributed by atoms with Crippen molar-refractivity contribution in [3.63, 3.8) is 0 Å². The highest BCUT2D eigenvalue weighted by molar-refractivity contribution is 7.89. The zero-order valence-electron chi connectivity index (χ0n) is 13.0. The van der Waals surface area contributed by atoms with Gasteiger partial charge in [0.05, 0.1) is 17.0 Å². The summed E-state index contributed by atoms with van der Waals surface area (Å²) in [7, 11) is -3.77. The fourth-order valence-corrected chi connectivity index (χ4v) is 4.08. The van der Waals surface area contributed by atoms with Crippen LogP contribution in [0, 0.1) is 0 Å². The highest BCUT2D eigenvalue weighted by Crippen LogP contribution is 2.21. The third kappa shape index (κ3) is 3.62. The molecule has 0 aliphatic heterocycles. The number of aliphatic hydroxyl groups is 1. The Bertz CT molecular complexity index is 922. The highest BCUT2D eigenvalue weighted by Gasteiger charge is 2.22. The molecule has 1 atom stereocenters. The largest absolute Gasteiger partial charge is 0.395 e. The smallest absolute Gasteiger partial charge is 0.241 e. The molecule has 0 radical (unpaired) electrons. The van der Waals surface area contributed by atoms with Crippen LogP contribution < -0.4 is 4.72 Å². The van der Waals surface area contributed by atoms with E-state index in [1.165, 1.54) is 0 Å². The van der Waals surface area contributed by atoms with Crippen molar-refractivity contribution < 1.29 is 13.5 Å². The minimum Gasteiger partial charge on any atom is -0.395 e. The Balaban J connectivity index is 1.89. The van der Waals surface area contributed by atoms with Crippen molar-refractivity contribution in [3.8, 4) is 0 Å². The van der Waals surface area contributed by atoms with Crippen LogP contribution in [0.1, 0.15) is 5.56 Å². The summed E-state index contributed by atoms with van der Waals surface area (Å²) < 4.78 is 28.1. The van der Waals surface area contributed by atoms with Crippen LogP contribution in [-0.2, 0) is 16.4 Å². The Kier molecular flexibility index (Phi) is 4.89. The molecule has 1 aromatic heterocycles. The molecule has 0 spiro atoms. The Hall–Kier alpha value is -2.28. The van der Waals surface area contributed by atoms with Crippen molar-refractivity contribution in [2.75, 3.05) is 6.61 Å². The van der Waals surface area contributed by atoms with Gasteiger partial charge in [0.1, 0.15) is 0 Å². The Morgan fingerprint density at radius 1 is 1.00 bits per heavy atom. The Morgan fingerprint density at radius 2 is 1.79 bits per heavy atom. The number of benzene rings is 2. The summed E-state index contributed by atoms with van der Waals surface area (Å²) in [5, 5.41) is 10.1. The number of aromatic nitrogens is 1. The summed E-state index contributed by atoms with van der Waals surface area (Å²) in [4.78, 5) is 4.35. The van der Waals surface area contributed by atoms with Crippen molar-refractivity contribution in [2.24, 2.45) is 0 Å². The summed E-state index contributed by atoms with van der Waals surface area (Å²) in [6.07, 6.45) is 2.04. The van der Waals surface area contributed by atoms with Gasteiger partial charge >= 0.3 is 0 Å². The maximum atomic E-state index is 12.8. The molecule has 0 aliphatic rings. The van der Waals surface area contributed by atoms with Crippen molar-refractivity contribution in [2.45, 2.75) is 17.4 Å². The minimum absolute atomic E-state index is 0.166. The monoisotopic (exact) mass is 342 g/mol. The Labute approximate surface area is 141 Å². The first kappa shape index (κ1) is 16.6.